The molecule has 0 unspecified atom stereocenters. The molecule has 1 saturated heterocycles. The summed E-state index contributed by atoms with van der Waals surface area (Å²) in [5, 5.41) is 0. The molecule has 7 nitrogen and oxygen atoms in total. The van der Waals surface area contributed by atoms with Gasteiger partial charge < -0.3 is 14.1 Å². The zero-order valence-electron chi connectivity index (χ0n) is 15.6. The molecular weight excluding hydrogens is 332 g/mol. The molecule has 0 saturated carbocycles. The second-order valence-electron chi connectivity index (χ2n) is 6.72. The van der Waals surface area contributed by atoms with Crippen molar-refractivity contribution in [2.45, 2.75) is 33.2 Å². The lowest BCUT2D eigenvalue weighted by Crippen LogP contribution is -2.46. The van der Waals surface area contributed by atoms with Crippen LogP contribution in [0.3, 0.4) is 0 Å². The number of aromatic nitrogens is 2. The van der Waals surface area contributed by atoms with Gasteiger partial charge in [-0.25, -0.2) is 14.8 Å². The number of ether oxygens (including phenoxy) is 1. The van der Waals surface area contributed by atoms with Crippen LogP contribution in [0.5, 0.6) is 0 Å². The second-order valence-corrected chi connectivity index (χ2v) is 6.72. The highest BCUT2D eigenvalue weighted by Gasteiger charge is 2.20. The number of nitrogens with zero attached hydrogens (tertiary/aromatic N) is 4. The summed E-state index contributed by atoms with van der Waals surface area (Å²) in [4.78, 5) is 25.3. The van der Waals surface area contributed by atoms with E-state index in [-0.39, 0.29) is 5.97 Å². The number of hydrogen-bond donors (Lipinski definition) is 0. The summed E-state index contributed by atoms with van der Waals surface area (Å²) in [7, 11) is 0. The van der Waals surface area contributed by atoms with E-state index >= 15 is 0 Å². The Bertz CT molecular complexity index is 719. The van der Waals surface area contributed by atoms with E-state index in [0.717, 1.165) is 50.1 Å². The first-order valence-electron chi connectivity index (χ1n) is 9.11. The molecule has 0 amide bonds. The average Bonchev–Trinajstić information content (AvgIpc) is 3.12. The third kappa shape index (κ3) is 4.40. The zero-order chi connectivity index (χ0) is 18.5. The molecule has 7 heteroatoms. The van der Waals surface area contributed by atoms with Crippen molar-refractivity contribution in [3.05, 3.63) is 41.7 Å². The van der Waals surface area contributed by atoms with Crippen molar-refractivity contribution >= 4 is 11.8 Å². The Morgan fingerprint density at radius 2 is 2.04 bits per heavy atom. The van der Waals surface area contributed by atoms with Crippen molar-refractivity contribution in [1.29, 1.82) is 0 Å². The molecule has 3 rings (SSSR count). The highest BCUT2D eigenvalue weighted by molar-refractivity contribution is 5.89. The smallest absolute Gasteiger partial charge is 0.339 e. The van der Waals surface area contributed by atoms with Gasteiger partial charge in [-0.1, -0.05) is 13.8 Å². The molecule has 0 aliphatic carbocycles. The summed E-state index contributed by atoms with van der Waals surface area (Å²) in [6.45, 7) is 10.8. The number of piperazine rings is 1. The molecule has 0 N–H and O–H groups in total. The van der Waals surface area contributed by atoms with E-state index in [2.05, 4.69) is 33.6 Å². The summed E-state index contributed by atoms with van der Waals surface area (Å²) in [5.41, 5.74) is 1.47. The van der Waals surface area contributed by atoms with Crippen LogP contribution in [0.25, 0.3) is 0 Å². The first-order valence-corrected chi connectivity index (χ1v) is 9.11. The molecular formula is C19H26N4O3. The summed E-state index contributed by atoms with van der Waals surface area (Å²) in [6.07, 6.45) is 3.35. The Hall–Kier alpha value is -2.41. The summed E-state index contributed by atoms with van der Waals surface area (Å²) >= 11 is 0. The van der Waals surface area contributed by atoms with Crippen LogP contribution in [0.2, 0.25) is 0 Å². The monoisotopic (exact) mass is 358 g/mol. The Balaban J connectivity index is 1.52. The van der Waals surface area contributed by atoms with Crippen molar-refractivity contribution in [3.63, 3.8) is 0 Å². The van der Waals surface area contributed by atoms with E-state index in [1.165, 1.54) is 0 Å². The molecule has 26 heavy (non-hydrogen) atoms. The van der Waals surface area contributed by atoms with Gasteiger partial charge in [-0.2, -0.15) is 0 Å². The molecule has 0 spiro atoms. The van der Waals surface area contributed by atoms with Crippen LogP contribution in [0.15, 0.2) is 29.0 Å². The van der Waals surface area contributed by atoms with Gasteiger partial charge in [0.05, 0.1) is 17.9 Å². The van der Waals surface area contributed by atoms with Gasteiger partial charge in [-0.3, -0.25) is 4.90 Å². The molecule has 0 bridgehead atoms. The number of esters is 1. The first kappa shape index (κ1) is 18.4. The molecule has 0 atom stereocenters. The largest absolute Gasteiger partial charge is 0.462 e. The number of anilines is 1. The Kier molecular flexibility index (Phi) is 5.88. The lowest BCUT2D eigenvalue weighted by atomic mass is 10.2. The second kappa shape index (κ2) is 8.31. The Morgan fingerprint density at radius 3 is 2.62 bits per heavy atom. The van der Waals surface area contributed by atoms with E-state index in [1.54, 1.807) is 25.5 Å². The highest BCUT2D eigenvalue weighted by atomic mass is 16.5. The van der Waals surface area contributed by atoms with Crippen LogP contribution in [0.1, 0.15) is 48.6 Å². The van der Waals surface area contributed by atoms with Crippen molar-refractivity contribution in [2.75, 3.05) is 37.7 Å². The van der Waals surface area contributed by atoms with Crippen molar-refractivity contribution in [1.82, 2.24) is 14.9 Å². The van der Waals surface area contributed by atoms with Crippen LogP contribution in [-0.4, -0.2) is 53.6 Å². The minimum Gasteiger partial charge on any atom is -0.462 e. The van der Waals surface area contributed by atoms with Gasteiger partial charge >= 0.3 is 5.97 Å². The molecule has 0 radical (unpaired) electrons. The maximum absolute atomic E-state index is 11.7. The van der Waals surface area contributed by atoms with Crippen LogP contribution >= 0.6 is 0 Å². The molecule has 2 aromatic rings. The minimum absolute atomic E-state index is 0.309. The van der Waals surface area contributed by atoms with Crippen molar-refractivity contribution in [2.24, 2.45) is 0 Å². The lowest BCUT2D eigenvalue weighted by Gasteiger charge is -2.35. The maximum Gasteiger partial charge on any atom is 0.339 e. The molecule has 0 aromatic carbocycles. The third-order valence-electron chi connectivity index (χ3n) is 4.40. The molecule has 2 aromatic heterocycles. The van der Waals surface area contributed by atoms with Gasteiger partial charge in [0, 0.05) is 44.8 Å². The summed E-state index contributed by atoms with van der Waals surface area (Å²) in [5.74, 6) is 1.67. The lowest BCUT2D eigenvalue weighted by molar-refractivity contribution is 0.0526. The Labute approximate surface area is 154 Å². The van der Waals surface area contributed by atoms with E-state index in [9.17, 15) is 4.79 Å². The van der Waals surface area contributed by atoms with Gasteiger partial charge in [-0.05, 0) is 19.1 Å². The molecule has 140 valence electrons. The molecule has 1 fully saturated rings. The Morgan fingerprint density at radius 1 is 1.27 bits per heavy atom. The summed E-state index contributed by atoms with van der Waals surface area (Å²) in [6, 6.07) is 3.66. The summed E-state index contributed by atoms with van der Waals surface area (Å²) < 4.78 is 10.5. The molecule has 1 aliphatic heterocycles. The van der Waals surface area contributed by atoms with Crippen LogP contribution in [-0.2, 0) is 11.3 Å². The van der Waals surface area contributed by atoms with Gasteiger partial charge in [0.15, 0.2) is 5.89 Å². The van der Waals surface area contributed by atoms with Crippen molar-refractivity contribution in [3.8, 4) is 0 Å². The predicted molar refractivity (Wildman–Crippen MR) is 98.3 cm³/mol. The normalized spacial score (nSPS) is 15.5. The van der Waals surface area contributed by atoms with Gasteiger partial charge in [0.1, 0.15) is 12.1 Å². The fraction of sp³-hybridized carbons (Fsp3) is 0.526. The number of hydrogen-bond acceptors (Lipinski definition) is 7. The van der Waals surface area contributed by atoms with Crippen LogP contribution < -0.4 is 4.90 Å². The average molecular weight is 358 g/mol. The predicted octanol–water partition coefficient (Wildman–Crippen LogP) is 2.69. The quantitative estimate of drug-likeness (QED) is 0.735. The van der Waals surface area contributed by atoms with Gasteiger partial charge in [0.2, 0.25) is 0 Å². The van der Waals surface area contributed by atoms with Crippen LogP contribution in [0, 0.1) is 0 Å². The number of oxazole rings is 1. The minimum atomic E-state index is -0.329. The van der Waals surface area contributed by atoms with Gasteiger partial charge in [0.25, 0.3) is 0 Å². The number of rotatable bonds is 6. The van der Waals surface area contributed by atoms with E-state index < -0.39 is 0 Å². The molecule has 1 aliphatic rings. The standard InChI is InChI=1S/C19H26N4O3/c1-4-25-19(24)15-5-6-17(20-11-15)23-9-7-22(8-10-23)12-16-13-26-18(21-16)14(2)3/h5-6,11,13-14H,4,7-10,12H2,1-3H3. The van der Waals surface area contributed by atoms with Crippen LogP contribution in [0.4, 0.5) is 5.82 Å². The third-order valence-corrected chi connectivity index (χ3v) is 4.40. The zero-order valence-corrected chi connectivity index (χ0v) is 15.6. The SMILES string of the molecule is CCOC(=O)c1ccc(N2CCN(Cc3coc(C(C)C)n3)CC2)nc1. The topological polar surface area (TPSA) is 71.7 Å². The molecule has 3 heterocycles. The maximum atomic E-state index is 11.7. The number of carbonyl (C=O) groups excluding carboxylic acids is 1. The van der Waals surface area contributed by atoms with Gasteiger partial charge in [-0.15, -0.1) is 0 Å². The fourth-order valence-electron chi connectivity index (χ4n) is 2.93. The van der Waals surface area contributed by atoms with E-state index in [0.29, 0.717) is 18.1 Å². The van der Waals surface area contributed by atoms with Crippen molar-refractivity contribution < 1.29 is 13.9 Å². The highest BCUT2D eigenvalue weighted by Crippen LogP contribution is 2.17. The fourth-order valence-corrected chi connectivity index (χ4v) is 2.93. The number of pyridine rings is 1. The van der Waals surface area contributed by atoms with E-state index in [4.69, 9.17) is 9.15 Å². The first-order chi connectivity index (χ1) is 12.6. The number of carbonyl (C=O) groups is 1. The van der Waals surface area contributed by atoms with E-state index in [1.807, 2.05) is 6.07 Å².